The fraction of sp³-hybridized carbons (Fsp3) is 0.250. The van der Waals surface area contributed by atoms with E-state index in [-0.39, 0.29) is 5.82 Å². The summed E-state index contributed by atoms with van der Waals surface area (Å²) in [6.07, 6.45) is 3.51. The van der Waals surface area contributed by atoms with Crippen LogP contribution in [0, 0.1) is 5.82 Å². The van der Waals surface area contributed by atoms with Gasteiger partial charge in [0.2, 0.25) is 0 Å². The normalized spacial score (nSPS) is 15.4. The van der Waals surface area contributed by atoms with Crippen LogP contribution in [0.2, 0.25) is 0 Å². The number of ether oxygens (including phenoxy) is 1. The predicted octanol–water partition coefficient (Wildman–Crippen LogP) is 2.60. The van der Waals surface area contributed by atoms with Crippen molar-refractivity contribution in [1.82, 2.24) is 15.0 Å². The molecule has 1 aliphatic heterocycles. The van der Waals surface area contributed by atoms with Gasteiger partial charge < -0.3 is 14.6 Å². The maximum absolute atomic E-state index is 13.2. The van der Waals surface area contributed by atoms with E-state index in [0.29, 0.717) is 0 Å². The monoisotopic (exact) mass is 298 g/mol. The van der Waals surface area contributed by atoms with Crippen molar-refractivity contribution in [2.24, 2.45) is 0 Å². The van der Waals surface area contributed by atoms with Crippen LogP contribution in [-0.4, -0.2) is 41.3 Å². The molecule has 6 heteroatoms. The van der Waals surface area contributed by atoms with Crippen molar-refractivity contribution in [3.05, 3.63) is 42.5 Å². The summed E-state index contributed by atoms with van der Waals surface area (Å²) in [7, 11) is 0. The molecule has 1 saturated heterocycles. The number of hydrogen-bond acceptors (Lipinski definition) is 4. The number of anilines is 1. The standard InChI is InChI=1S/C16H15FN4O/c17-12-2-1-11-7-14(20-13(11)8-12)15-9-19-16(10-18-15)21-3-5-22-6-4-21/h1-2,7-10,20H,3-6H2. The van der Waals surface area contributed by atoms with E-state index < -0.39 is 0 Å². The van der Waals surface area contributed by atoms with Gasteiger partial charge in [-0.15, -0.1) is 0 Å². The zero-order valence-electron chi connectivity index (χ0n) is 11.9. The minimum Gasteiger partial charge on any atom is -0.378 e. The number of halogens is 1. The highest BCUT2D eigenvalue weighted by Crippen LogP contribution is 2.23. The molecular weight excluding hydrogens is 283 g/mol. The minimum absolute atomic E-state index is 0.255. The number of nitrogens with one attached hydrogen (secondary N) is 1. The first-order chi connectivity index (χ1) is 10.8. The third-order valence-corrected chi connectivity index (χ3v) is 3.83. The number of hydrogen-bond donors (Lipinski definition) is 1. The Balaban J connectivity index is 1.63. The van der Waals surface area contributed by atoms with Crippen molar-refractivity contribution in [3.8, 4) is 11.4 Å². The van der Waals surface area contributed by atoms with Gasteiger partial charge in [0.15, 0.2) is 0 Å². The molecule has 0 radical (unpaired) electrons. The Morgan fingerprint density at radius 2 is 1.95 bits per heavy atom. The third kappa shape index (κ3) is 2.42. The molecule has 3 aromatic rings. The summed E-state index contributed by atoms with van der Waals surface area (Å²) >= 11 is 0. The average Bonchev–Trinajstić information content (AvgIpc) is 2.99. The van der Waals surface area contributed by atoms with Crippen LogP contribution < -0.4 is 4.90 Å². The number of benzene rings is 1. The summed E-state index contributed by atoms with van der Waals surface area (Å²) in [6.45, 7) is 3.10. The van der Waals surface area contributed by atoms with Gasteiger partial charge in [-0.05, 0) is 24.3 Å². The number of fused-ring (bicyclic) bond motifs is 1. The molecule has 112 valence electrons. The number of rotatable bonds is 2. The summed E-state index contributed by atoms with van der Waals surface area (Å²) in [4.78, 5) is 14.3. The van der Waals surface area contributed by atoms with E-state index in [0.717, 1.165) is 54.4 Å². The maximum atomic E-state index is 13.2. The Kier molecular flexibility index (Phi) is 3.23. The second kappa shape index (κ2) is 5.38. The summed E-state index contributed by atoms with van der Waals surface area (Å²) in [5.74, 6) is 0.601. The van der Waals surface area contributed by atoms with Gasteiger partial charge in [0, 0.05) is 24.0 Å². The molecule has 1 fully saturated rings. The van der Waals surface area contributed by atoms with Crippen LogP contribution in [0.3, 0.4) is 0 Å². The summed E-state index contributed by atoms with van der Waals surface area (Å²) in [5.41, 5.74) is 2.34. The Morgan fingerprint density at radius 1 is 1.09 bits per heavy atom. The minimum atomic E-state index is -0.255. The molecule has 0 spiro atoms. The Hall–Kier alpha value is -2.47. The lowest BCUT2D eigenvalue weighted by Crippen LogP contribution is -2.36. The largest absolute Gasteiger partial charge is 0.378 e. The van der Waals surface area contributed by atoms with Crippen molar-refractivity contribution in [2.45, 2.75) is 0 Å². The molecule has 0 atom stereocenters. The second-order valence-electron chi connectivity index (χ2n) is 5.27. The first-order valence-electron chi connectivity index (χ1n) is 7.23. The summed E-state index contributed by atoms with van der Waals surface area (Å²) in [5, 5.41) is 0.954. The van der Waals surface area contributed by atoms with Gasteiger partial charge in [-0.25, -0.2) is 14.4 Å². The number of aromatic amines is 1. The van der Waals surface area contributed by atoms with Gasteiger partial charge in [-0.3, -0.25) is 0 Å². The van der Waals surface area contributed by atoms with Crippen molar-refractivity contribution in [3.63, 3.8) is 0 Å². The molecule has 1 N–H and O–H groups in total. The lowest BCUT2D eigenvalue weighted by Gasteiger charge is -2.27. The van der Waals surface area contributed by atoms with Crippen LogP contribution in [-0.2, 0) is 4.74 Å². The molecule has 0 saturated carbocycles. The first kappa shape index (κ1) is 13.2. The smallest absolute Gasteiger partial charge is 0.147 e. The van der Waals surface area contributed by atoms with E-state index in [1.807, 2.05) is 6.07 Å². The van der Waals surface area contributed by atoms with Gasteiger partial charge in [0.05, 0.1) is 31.3 Å². The van der Waals surface area contributed by atoms with E-state index in [4.69, 9.17) is 4.74 Å². The van der Waals surface area contributed by atoms with Crippen molar-refractivity contribution >= 4 is 16.7 Å². The maximum Gasteiger partial charge on any atom is 0.147 e. The molecule has 1 aromatic carbocycles. The van der Waals surface area contributed by atoms with Crippen LogP contribution >= 0.6 is 0 Å². The first-order valence-corrected chi connectivity index (χ1v) is 7.23. The van der Waals surface area contributed by atoms with Crippen LogP contribution in [0.1, 0.15) is 0 Å². The molecule has 0 unspecified atom stereocenters. The van der Waals surface area contributed by atoms with Gasteiger partial charge >= 0.3 is 0 Å². The molecule has 4 rings (SSSR count). The van der Waals surface area contributed by atoms with E-state index in [1.54, 1.807) is 18.5 Å². The van der Waals surface area contributed by atoms with E-state index in [2.05, 4.69) is 19.9 Å². The van der Waals surface area contributed by atoms with E-state index >= 15 is 0 Å². The zero-order valence-corrected chi connectivity index (χ0v) is 11.9. The number of nitrogens with zero attached hydrogens (tertiary/aromatic N) is 3. The van der Waals surface area contributed by atoms with Gasteiger partial charge in [-0.2, -0.15) is 0 Å². The molecule has 3 heterocycles. The average molecular weight is 298 g/mol. The molecule has 5 nitrogen and oxygen atoms in total. The van der Waals surface area contributed by atoms with Gasteiger partial charge in [0.25, 0.3) is 0 Å². The van der Waals surface area contributed by atoms with Crippen LogP contribution in [0.5, 0.6) is 0 Å². The molecule has 22 heavy (non-hydrogen) atoms. The Morgan fingerprint density at radius 3 is 2.73 bits per heavy atom. The lowest BCUT2D eigenvalue weighted by atomic mass is 10.2. The number of morpholine rings is 1. The lowest BCUT2D eigenvalue weighted by molar-refractivity contribution is 0.122. The third-order valence-electron chi connectivity index (χ3n) is 3.83. The highest BCUT2D eigenvalue weighted by Gasteiger charge is 2.13. The van der Waals surface area contributed by atoms with Gasteiger partial charge in [0.1, 0.15) is 17.3 Å². The predicted molar refractivity (Wildman–Crippen MR) is 82.3 cm³/mol. The molecular formula is C16H15FN4O. The van der Waals surface area contributed by atoms with Crippen LogP contribution in [0.15, 0.2) is 36.7 Å². The van der Waals surface area contributed by atoms with Gasteiger partial charge in [-0.1, -0.05) is 0 Å². The molecule has 0 bridgehead atoms. The van der Waals surface area contributed by atoms with E-state index in [9.17, 15) is 4.39 Å². The number of H-pyrrole nitrogens is 1. The van der Waals surface area contributed by atoms with E-state index in [1.165, 1.54) is 12.1 Å². The Bertz CT molecular complexity index is 794. The van der Waals surface area contributed by atoms with Crippen LogP contribution in [0.4, 0.5) is 10.2 Å². The summed E-state index contributed by atoms with van der Waals surface area (Å²) < 4.78 is 18.6. The highest BCUT2D eigenvalue weighted by atomic mass is 19.1. The van der Waals surface area contributed by atoms with Crippen molar-refractivity contribution in [2.75, 3.05) is 31.2 Å². The highest BCUT2D eigenvalue weighted by molar-refractivity contribution is 5.85. The fourth-order valence-electron chi connectivity index (χ4n) is 2.65. The van der Waals surface area contributed by atoms with Crippen molar-refractivity contribution < 1.29 is 9.13 Å². The fourth-order valence-corrected chi connectivity index (χ4v) is 2.65. The molecule has 0 aliphatic carbocycles. The topological polar surface area (TPSA) is 54.0 Å². The molecule has 0 amide bonds. The zero-order chi connectivity index (χ0) is 14.9. The quantitative estimate of drug-likeness (QED) is 0.790. The molecule has 1 aliphatic rings. The van der Waals surface area contributed by atoms with Crippen LogP contribution in [0.25, 0.3) is 22.3 Å². The summed E-state index contributed by atoms with van der Waals surface area (Å²) in [6, 6.07) is 6.63. The molecule has 2 aromatic heterocycles. The second-order valence-corrected chi connectivity index (χ2v) is 5.27. The Labute approximate surface area is 126 Å². The van der Waals surface area contributed by atoms with Crippen molar-refractivity contribution in [1.29, 1.82) is 0 Å². The SMILES string of the molecule is Fc1ccc2cc(-c3cnc(N4CCOCC4)cn3)[nH]c2c1. The number of aromatic nitrogens is 3.